The number of hydrogen-bond donors (Lipinski definition) is 2. The Balaban J connectivity index is 3.06. The second kappa shape index (κ2) is 4.84. The Morgan fingerprint density at radius 3 is 2.60 bits per heavy atom. The summed E-state index contributed by atoms with van der Waals surface area (Å²) in [6.07, 6.45) is 1.04. The quantitative estimate of drug-likeness (QED) is 0.801. The molecule has 0 bridgehead atoms. The molecule has 0 fully saturated rings. The van der Waals surface area contributed by atoms with Crippen molar-refractivity contribution in [2.24, 2.45) is 5.73 Å². The number of carboxylic acid groups (broad SMARTS) is 1. The SMILES string of the molecule is NCCCc1cc(F)c(F)c(C(=O)O)c1. The molecule has 1 rings (SSSR count). The topological polar surface area (TPSA) is 63.3 Å². The minimum Gasteiger partial charge on any atom is -0.478 e. The number of halogens is 2. The van der Waals surface area contributed by atoms with Crippen molar-refractivity contribution in [1.29, 1.82) is 0 Å². The molecule has 1 aromatic rings. The molecule has 82 valence electrons. The molecule has 0 heterocycles. The fourth-order valence-electron chi connectivity index (χ4n) is 1.25. The van der Waals surface area contributed by atoms with Crippen molar-refractivity contribution in [3.63, 3.8) is 0 Å². The first kappa shape index (κ1) is 11.6. The predicted molar refractivity (Wildman–Crippen MR) is 50.7 cm³/mol. The summed E-state index contributed by atoms with van der Waals surface area (Å²) in [6, 6.07) is 2.13. The zero-order valence-electron chi connectivity index (χ0n) is 7.96. The summed E-state index contributed by atoms with van der Waals surface area (Å²) in [7, 11) is 0. The molecule has 0 saturated heterocycles. The van der Waals surface area contributed by atoms with Crippen LogP contribution in [0.3, 0.4) is 0 Å². The smallest absolute Gasteiger partial charge is 0.338 e. The van der Waals surface area contributed by atoms with E-state index in [0.717, 1.165) is 12.1 Å². The monoisotopic (exact) mass is 215 g/mol. The van der Waals surface area contributed by atoms with E-state index in [1.165, 1.54) is 0 Å². The molecule has 0 atom stereocenters. The molecule has 0 spiro atoms. The van der Waals surface area contributed by atoms with Crippen LogP contribution in [0.5, 0.6) is 0 Å². The third-order valence-electron chi connectivity index (χ3n) is 1.99. The summed E-state index contributed by atoms with van der Waals surface area (Å²) in [5.74, 6) is -3.93. The minimum atomic E-state index is -1.47. The van der Waals surface area contributed by atoms with Crippen LogP contribution in [0, 0.1) is 11.6 Å². The highest BCUT2D eigenvalue weighted by Gasteiger charge is 2.15. The lowest BCUT2D eigenvalue weighted by molar-refractivity contribution is 0.0690. The fourth-order valence-corrected chi connectivity index (χ4v) is 1.25. The molecule has 0 aliphatic heterocycles. The predicted octanol–water partition coefficient (Wildman–Crippen LogP) is 1.55. The van der Waals surface area contributed by atoms with Gasteiger partial charge in [-0.2, -0.15) is 0 Å². The number of rotatable bonds is 4. The first-order chi connectivity index (χ1) is 7.06. The fraction of sp³-hybridized carbons (Fsp3) is 0.300. The number of aryl methyl sites for hydroxylation is 1. The van der Waals surface area contributed by atoms with Gasteiger partial charge in [0.2, 0.25) is 0 Å². The Morgan fingerprint density at radius 2 is 2.07 bits per heavy atom. The van der Waals surface area contributed by atoms with Crippen molar-refractivity contribution in [2.45, 2.75) is 12.8 Å². The lowest BCUT2D eigenvalue weighted by atomic mass is 10.1. The number of benzene rings is 1. The Kier molecular flexibility index (Phi) is 3.74. The van der Waals surface area contributed by atoms with E-state index in [-0.39, 0.29) is 0 Å². The van der Waals surface area contributed by atoms with E-state index in [9.17, 15) is 13.6 Å². The number of aromatic carboxylic acids is 1. The van der Waals surface area contributed by atoms with E-state index in [2.05, 4.69) is 0 Å². The van der Waals surface area contributed by atoms with Crippen molar-refractivity contribution in [3.8, 4) is 0 Å². The third kappa shape index (κ3) is 2.73. The Labute approximate surface area is 85.5 Å². The molecule has 3 nitrogen and oxygen atoms in total. The van der Waals surface area contributed by atoms with E-state index in [4.69, 9.17) is 10.8 Å². The largest absolute Gasteiger partial charge is 0.478 e. The van der Waals surface area contributed by atoms with Crippen LogP contribution < -0.4 is 5.73 Å². The Bertz CT molecular complexity index is 380. The molecule has 0 radical (unpaired) electrons. The van der Waals surface area contributed by atoms with Crippen LogP contribution in [-0.2, 0) is 6.42 Å². The highest BCUT2D eigenvalue weighted by Crippen LogP contribution is 2.16. The molecular weight excluding hydrogens is 204 g/mol. The van der Waals surface area contributed by atoms with Gasteiger partial charge in [0.25, 0.3) is 0 Å². The molecule has 5 heteroatoms. The average Bonchev–Trinajstić information content (AvgIpc) is 2.19. The maximum absolute atomic E-state index is 13.0. The number of carbonyl (C=O) groups is 1. The van der Waals surface area contributed by atoms with Gasteiger partial charge in [0.15, 0.2) is 11.6 Å². The number of hydrogen-bond acceptors (Lipinski definition) is 2. The molecular formula is C10H11F2NO2. The van der Waals surface area contributed by atoms with Crippen molar-refractivity contribution in [3.05, 3.63) is 34.9 Å². The van der Waals surface area contributed by atoms with E-state index in [0.29, 0.717) is 24.9 Å². The third-order valence-corrected chi connectivity index (χ3v) is 1.99. The molecule has 15 heavy (non-hydrogen) atoms. The summed E-state index contributed by atoms with van der Waals surface area (Å²) in [6.45, 7) is 0.418. The van der Waals surface area contributed by atoms with Crippen LogP contribution in [0.4, 0.5) is 8.78 Å². The van der Waals surface area contributed by atoms with Gasteiger partial charge in [-0.3, -0.25) is 0 Å². The Morgan fingerprint density at radius 1 is 1.40 bits per heavy atom. The van der Waals surface area contributed by atoms with Gasteiger partial charge in [0.05, 0.1) is 5.56 Å². The van der Waals surface area contributed by atoms with E-state index in [1.807, 2.05) is 0 Å². The van der Waals surface area contributed by atoms with Crippen LogP contribution >= 0.6 is 0 Å². The maximum Gasteiger partial charge on any atom is 0.338 e. The van der Waals surface area contributed by atoms with Crippen molar-refractivity contribution in [2.75, 3.05) is 6.54 Å². The van der Waals surface area contributed by atoms with Gasteiger partial charge in [0, 0.05) is 0 Å². The van der Waals surface area contributed by atoms with Crippen LogP contribution in [0.2, 0.25) is 0 Å². The summed E-state index contributed by atoms with van der Waals surface area (Å²) in [5.41, 5.74) is 5.06. The highest BCUT2D eigenvalue weighted by atomic mass is 19.2. The molecule has 0 aliphatic rings. The van der Waals surface area contributed by atoms with Crippen molar-refractivity contribution in [1.82, 2.24) is 0 Å². The first-order valence-corrected chi connectivity index (χ1v) is 4.47. The lowest BCUT2D eigenvalue weighted by Gasteiger charge is -2.04. The van der Waals surface area contributed by atoms with E-state index in [1.54, 1.807) is 0 Å². The minimum absolute atomic E-state index is 0.418. The van der Waals surface area contributed by atoms with Gasteiger partial charge < -0.3 is 10.8 Å². The highest BCUT2D eigenvalue weighted by molar-refractivity contribution is 5.88. The molecule has 0 saturated carbocycles. The maximum atomic E-state index is 13.0. The second-order valence-corrected chi connectivity index (χ2v) is 3.14. The molecule has 0 unspecified atom stereocenters. The molecule has 0 amide bonds. The standard InChI is InChI=1S/C10H11F2NO2/c11-8-5-6(2-1-3-13)4-7(9(8)12)10(14)15/h4-5H,1-3,13H2,(H,14,15). The summed E-state index contributed by atoms with van der Waals surface area (Å²) >= 11 is 0. The van der Waals surface area contributed by atoms with E-state index < -0.39 is 23.2 Å². The first-order valence-electron chi connectivity index (χ1n) is 4.47. The van der Waals surface area contributed by atoms with Gasteiger partial charge in [-0.05, 0) is 37.1 Å². The van der Waals surface area contributed by atoms with Crippen LogP contribution in [0.15, 0.2) is 12.1 Å². The number of carboxylic acids is 1. The van der Waals surface area contributed by atoms with Gasteiger partial charge >= 0.3 is 5.97 Å². The van der Waals surface area contributed by atoms with Crippen molar-refractivity contribution < 1.29 is 18.7 Å². The van der Waals surface area contributed by atoms with Crippen LogP contribution in [-0.4, -0.2) is 17.6 Å². The average molecular weight is 215 g/mol. The van der Waals surface area contributed by atoms with Crippen LogP contribution in [0.25, 0.3) is 0 Å². The zero-order chi connectivity index (χ0) is 11.4. The summed E-state index contributed by atoms with van der Waals surface area (Å²) in [4.78, 5) is 10.6. The van der Waals surface area contributed by atoms with Crippen LogP contribution in [0.1, 0.15) is 22.3 Å². The molecule has 1 aromatic carbocycles. The van der Waals surface area contributed by atoms with Gasteiger partial charge in [-0.15, -0.1) is 0 Å². The Hall–Kier alpha value is -1.49. The second-order valence-electron chi connectivity index (χ2n) is 3.14. The normalized spacial score (nSPS) is 10.3. The zero-order valence-corrected chi connectivity index (χ0v) is 7.96. The summed E-state index contributed by atoms with van der Waals surface area (Å²) in [5, 5.41) is 8.61. The van der Waals surface area contributed by atoms with Crippen molar-refractivity contribution >= 4 is 5.97 Å². The van der Waals surface area contributed by atoms with E-state index >= 15 is 0 Å². The lowest BCUT2D eigenvalue weighted by Crippen LogP contribution is -2.06. The van der Waals surface area contributed by atoms with Gasteiger partial charge in [-0.1, -0.05) is 0 Å². The number of nitrogens with two attached hydrogens (primary N) is 1. The molecule has 3 N–H and O–H groups in total. The van der Waals surface area contributed by atoms with Gasteiger partial charge in [0.1, 0.15) is 0 Å². The molecule has 0 aromatic heterocycles. The van der Waals surface area contributed by atoms with Gasteiger partial charge in [-0.25, -0.2) is 13.6 Å². The molecule has 0 aliphatic carbocycles. The summed E-state index contributed by atoms with van der Waals surface area (Å²) < 4.78 is 25.9.